The maximum Gasteiger partial charge on any atom is 0.225 e. The van der Waals surface area contributed by atoms with Crippen LogP contribution in [0.25, 0.3) is 0 Å². The van der Waals surface area contributed by atoms with E-state index in [1.165, 1.54) is 11.8 Å². The predicted octanol–water partition coefficient (Wildman–Crippen LogP) is 3.57. The lowest BCUT2D eigenvalue weighted by atomic mass is 10.2. The first kappa shape index (κ1) is 15.6. The summed E-state index contributed by atoms with van der Waals surface area (Å²) in [5, 5.41) is 3.85. The predicted molar refractivity (Wildman–Crippen MR) is 85.2 cm³/mol. The Labute approximate surface area is 129 Å². The highest BCUT2D eigenvalue weighted by molar-refractivity contribution is 7.98. The van der Waals surface area contributed by atoms with Crippen molar-refractivity contribution in [3.05, 3.63) is 35.9 Å². The van der Waals surface area contributed by atoms with Crippen molar-refractivity contribution in [2.45, 2.75) is 18.7 Å². The summed E-state index contributed by atoms with van der Waals surface area (Å²) in [5.41, 5.74) is 1.06. The van der Waals surface area contributed by atoms with Gasteiger partial charge in [0.1, 0.15) is 11.6 Å². The first-order valence-corrected chi connectivity index (χ1v) is 7.90. The van der Waals surface area contributed by atoms with Gasteiger partial charge in [-0.25, -0.2) is 4.98 Å². The van der Waals surface area contributed by atoms with E-state index in [1.54, 1.807) is 13.2 Å². The van der Waals surface area contributed by atoms with Gasteiger partial charge >= 0.3 is 0 Å². The number of aromatic nitrogens is 2. The van der Waals surface area contributed by atoms with Crippen molar-refractivity contribution in [3.8, 4) is 11.6 Å². The molecule has 6 heteroatoms. The highest BCUT2D eigenvalue weighted by atomic mass is 32.2. The second-order valence-electron chi connectivity index (χ2n) is 4.29. The fourth-order valence-electron chi connectivity index (χ4n) is 1.81. The first-order chi connectivity index (χ1) is 10.2. The van der Waals surface area contributed by atoms with Crippen LogP contribution in [0.15, 0.2) is 35.5 Å². The molecule has 0 atom stereocenters. The van der Waals surface area contributed by atoms with Gasteiger partial charge in [-0.1, -0.05) is 23.9 Å². The molecule has 0 saturated heterocycles. The molecule has 1 heterocycles. The molecule has 0 aliphatic carbocycles. The SMILES string of the molecule is CCNc1cc(Oc2cccc(COC)c2)nc(SC)n1. The van der Waals surface area contributed by atoms with E-state index in [0.29, 0.717) is 17.6 Å². The maximum atomic E-state index is 5.83. The van der Waals surface area contributed by atoms with Crippen LogP contribution < -0.4 is 10.1 Å². The van der Waals surface area contributed by atoms with Gasteiger partial charge in [-0.15, -0.1) is 0 Å². The van der Waals surface area contributed by atoms with Crippen LogP contribution in [0, 0.1) is 0 Å². The van der Waals surface area contributed by atoms with Gasteiger partial charge in [0.05, 0.1) is 6.61 Å². The van der Waals surface area contributed by atoms with Crippen LogP contribution >= 0.6 is 11.8 Å². The van der Waals surface area contributed by atoms with Crippen LogP contribution in [0.3, 0.4) is 0 Å². The van der Waals surface area contributed by atoms with Crippen molar-refractivity contribution in [2.24, 2.45) is 0 Å². The van der Waals surface area contributed by atoms with Gasteiger partial charge in [0.25, 0.3) is 0 Å². The van der Waals surface area contributed by atoms with E-state index >= 15 is 0 Å². The van der Waals surface area contributed by atoms with E-state index in [9.17, 15) is 0 Å². The Hall–Kier alpha value is -1.79. The summed E-state index contributed by atoms with van der Waals surface area (Å²) in [7, 11) is 1.67. The molecule has 0 fully saturated rings. The molecule has 0 unspecified atom stereocenters. The third kappa shape index (κ3) is 4.61. The number of nitrogens with one attached hydrogen (secondary N) is 1. The topological polar surface area (TPSA) is 56.3 Å². The molecule has 1 aromatic heterocycles. The lowest BCUT2D eigenvalue weighted by Gasteiger charge is -2.09. The number of methoxy groups -OCH3 is 1. The average Bonchev–Trinajstić information content (AvgIpc) is 2.48. The van der Waals surface area contributed by atoms with E-state index in [0.717, 1.165) is 23.7 Å². The molecule has 0 radical (unpaired) electrons. The fourth-order valence-corrected chi connectivity index (χ4v) is 2.18. The van der Waals surface area contributed by atoms with Crippen molar-refractivity contribution < 1.29 is 9.47 Å². The quantitative estimate of drug-likeness (QED) is 0.623. The molecule has 0 aliphatic heterocycles. The second-order valence-corrected chi connectivity index (χ2v) is 5.06. The van der Waals surface area contributed by atoms with E-state index in [4.69, 9.17) is 9.47 Å². The van der Waals surface area contributed by atoms with Gasteiger partial charge in [0.15, 0.2) is 5.16 Å². The molecular weight excluding hydrogens is 286 g/mol. The minimum atomic E-state index is 0.528. The number of hydrogen-bond acceptors (Lipinski definition) is 6. The van der Waals surface area contributed by atoms with Crippen LogP contribution in [0.2, 0.25) is 0 Å². The minimum Gasteiger partial charge on any atom is -0.439 e. The molecule has 0 amide bonds. The summed E-state index contributed by atoms with van der Waals surface area (Å²) in [6, 6.07) is 9.57. The van der Waals surface area contributed by atoms with E-state index in [-0.39, 0.29) is 0 Å². The summed E-state index contributed by atoms with van der Waals surface area (Å²) in [6.45, 7) is 3.38. The van der Waals surface area contributed by atoms with Crippen LogP contribution in [0.5, 0.6) is 11.6 Å². The Kier molecular flexibility index (Phi) is 5.83. The van der Waals surface area contributed by atoms with Crippen molar-refractivity contribution in [3.63, 3.8) is 0 Å². The molecule has 5 nitrogen and oxygen atoms in total. The molecule has 1 N–H and O–H groups in total. The molecule has 0 bridgehead atoms. The summed E-state index contributed by atoms with van der Waals surface area (Å²) in [6.07, 6.45) is 1.94. The highest BCUT2D eigenvalue weighted by Gasteiger charge is 2.06. The summed E-state index contributed by atoms with van der Waals surface area (Å²) in [4.78, 5) is 8.73. The molecule has 1 aromatic carbocycles. The zero-order chi connectivity index (χ0) is 15.1. The summed E-state index contributed by atoms with van der Waals surface area (Å²) >= 11 is 1.48. The molecule has 2 aromatic rings. The van der Waals surface area contributed by atoms with E-state index < -0.39 is 0 Å². The number of nitrogens with zero attached hydrogens (tertiary/aromatic N) is 2. The minimum absolute atomic E-state index is 0.528. The van der Waals surface area contributed by atoms with Crippen LogP contribution in [0.4, 0.5) is 5.82 Å². The van der Waals surface area contributed by atoms with Crippen LogP contribution in [-0.2, 0) is 11.3 Å². The maximum absolute atomic E-state index is 5.83. The lowest BCUT2D eigenvalue weighted by Crippen LogP contribution is -2.02. The van der Waals surface area contributed by atoms with Crippen molar-refractivity contribution in [1.29, 1.82) is 0 Å². The molecule has 112 valence electrons. The Balaban J connectivity index is 2.21. The Bertz CT molecular complexity index is 593. The molecule has 2 rings (SSSR count). The zero-order valence-corrected chi connectivity index (χ0v) is 13.2. The van der Waals surface area contributed by atoms with Gasteiger partial charge in [-0.3, -0.25) is 0 Å². The largest absolute Gasteiger partial charge is 0.439 e. The number of ether oxygens (including phenoxy) is 2. The van der Waals surface area contributed by atoms with E-state index in [1.807, 2.05) is 37.4 Å². The van der Waals surface area contributed by atoms with Crippen molar-refractivity contribution in [1.82, 2.24) is 9.97 Å². The highest BCUT2D eigenvalue weighted by Crippen LogP contribution is 2.25. The van der Waals surface area contributed by atoms with Gasteiger partial charge < -0.3 is 14.8 Å². The van der Waals surface area contributed by atoms with Gasteiger partial charge in [-0.2, -0.15) is 4.98 Å². The second kappa shape index (κ2) is 7.85. The summed E-state index contributed by atoms with van der Waals surface area (Å²) < 4.78 is 11.0. The zero-order valence-electron chi connectivity index (χ0n) is 12.4. The monoisotopic (exact) mass is 305 g/mol. The molecule has 0 spiro atoms. The van der Waals surface area contributed by atoms with Crippen LogP contribution in [-0.4, -0.2) is 29.9 Å². The Morgan fingerprint density at radius 3 is 2.81 bits per heavy atom. The third-order valence-electron chi connectivity index (χ3n) is 2.65. The normalized spacial score (nSPS) is 10.4. The standard InChI is InChI=1S/C15H19N3O2S/c1-4-16-13-9-14(18-15(17-13)21-3)20-12-7-5-6-11(8-12)10-19-2/h5-9H,4,10H2,1-3H3,(H,16,17,18). The number of benzene rings is 1. The first-order valence-electron chi connectivity index (χ1n) is 6.67. The number of anilines is 1. The van der Waals surface area contributed by atoms with Crippen molar-refractivity contribution >= 4 is 17.6 Å². The average molecular weight is 305 g/mol. The number of thioether (sulfide) groups is 1. The summed E-state index contributed by atoms with van der Waals surface area (Å²) in [5.74, 6) is 2.03. The Morgan fingerprint density at radius 2 is 2.10 bits per heavy atom. The van der Waals surface area contributed by atoms with Gasteiger partial charge in [0, 0.05) is 19.7 Å². The fraction of sp³-hybridized carbons (Fsp3) is 0.333. The molecule has 0 aliphatic rings. The molecule has 21 heavy (non-hydrogen) atoms. The molecule has 0 saturated carbocycles. The number of rotatable bonds is 7. The number of hydrogen-bond donors (Lipinski definition) is 1. The third-order valence-corrected chi connectivity index (χ3v) is 3.20. The lowest BCUT2D eigenvalue weighted by molar-refractivity contribution is 0.184. The molecular formula is C15H19N3O2S. The van der Waals surface area contributed by atoms with Crippen LogP contribution in [0.1, 0.15) is 12.5 Å². The van der Waals surface area contributed by atoms with E-state index in [2.05, 4.69) is 15.3 Å². The van der Waals surface area contributed by atoms with Gasteiger partial charge in [-0.05, 0) is 30.9 Å². The Morgan fingerprint density at radius 1 is 1.24 bits per heavy atom. The van der Waals surface area contributed by atoms with Gasteiger partial charge in [0.2, 0.25) is 5.88 Å². The van der Waals surface area contributed by atoms with Crippen molar-refractivity contribution in [2.75, 3.05) is 25.2 Å². The smallest absolute Gasteiger partial charge is 0.225 e.